The summed E-state index contributed by atoms with van der Waals surface area (Å²) in [6.45, 7) is 3.00. The van der Waals surface area contributed by atoms with Gasteiger partial charge in [-0.1, -0.05) is 0 Å². The molecule has 4 heterocycles. The molecule has 1 N–H and O–H groups in total. The van der Waals surface area contributed by atoms with E-state index in [4.69, 9.17) is 14.2 Å². The van der Waals surface area contributed by atoms with Gasteiger partial charge in [-0.3, -0.25) is 4.90 Å². The number of aliphatic hydroxyl groups excluding tert-OH is 1. The number of nitrogens with zero attached hydrogens (tertiary/aromatic N) is 1. The van der Waals surface area contributed by atoms with E-state index in [0.29, 0.717) is 25.4 Å². The highest BCUT2D eigenvalue weighted by Gasteiger charge is 2.45. The van der Waals surface area contributed by atoms with Crippen LogP contribution in [0.5, 0.6) is 11.5 Å². The summed E-state index contributed by atoms with van der Waals surface area (Å²) >= 11 is 0. The van der Waals surface area contributed by atoms with Crippen LogP contribution in [0.4, 0.5) is 0 Å². The van der Waals surface area contributed by atoms with E-state index in [1.165, 1.54) is 11.1 Å². The highest BCUT2D eigenvalue weighted by molar-refractivity contribution is 5.50. The van der Waals surface area contributed by atoms with E-state index in [2.05, 4.69) is 17.0 Å². The molecule has 4 aliphatic heterocycles. The largest absolute Gasteiger partial charge is 0.454 e. The Labute approximate surface area is 123 Å². The van der Waals surface area contributed by atoms with Gasteiger partial charge in [0.15, 0.2) is 17.8 Å². The van der Waals surface area contributed by atoms with Crippen LogP contribution in [0.2, 0.25) is 0 Å². The van der Waals surface area contributed by atoms with Crippen molar-refractivity contribution < 1.29 is 19.3 Å². The smallest absolute Gasteiger partial charge is 0.231 e. The van der Waals surface area contributed by atoms with Gasteiger partial charge in [-0.15, -0.1) is 0 Å². The van der Waals surface area contributed by atoms with Crippen LogP contribution in [0.1, 0.15) is 23.6 Å². The maximum absolute atomic E-state index is 9.95. The van der Waals surface area contributed by atoms with Crippen molar-refractivity contribution in [2.75, 3.05) is 26.5 Å². The Kier molecular flexibility index (Phi) is 2.54. The lowest BCUT2D eigenvalue weighted by molar-refractivity contribution is -0.0921. The zero-order chi connectivity index (χ0) is 14.0. The summed E-state index contributed by atoms with van der Waals surface area (Å²) in [6.07, 6.45) is 1.53. The molecule has 5 rings (SSSR count). The molecule has 4 atom stereocenters. The van der Waals surface area contributed by atoms with Gasteiger partial charge in [0.05, 0.1) is 6.61 Å². The zero-order valence-electron chi connectivity index (χ0n) is 11.8. The van der Waals surface area contributed by atoms with E-state index in [1.807, 2.05) is 0 Å². The molecule has 4 unspecified atom stereocenters. The number of aliphatic hydroxyl groups is 1. The summed E-state index contributed by atoms with van der Waals surface area (Å²) in [7, 11) is 0. The average molecular weight is 289 g/mol. The number of benzene rings is 1. The number of ether oxygens (including phenoxy) is 3. The highest BCUT2D eigenvalue weighted by atomic mass is 16.7. The molecule has 2 saturated heterocycles. The van der Waals surface area contributed by atoms with Crippen LogP contribution in [-0.4, -0.2) is 42.8 Å². The quantitative estimate of drug-likeness (QED) is 0.780. The predicted octanol–water partition coefficient (Wildman–Crippen LogP) is 1.30. The van der Waals surface area contributed by atoms with E-state index < -0.39 is 6.29 Å². The normalized spacial score (nSPS) is 37.0. The number of rotatable bonds is 0. The predicted molar refractivity (Wildman–Crippen MR) is 74.1 cm³/mol. The molecule has 1 aromatic carbocycles. The third kappa shape index (κ3) is 1.74. The van der Waals surface area contributed by atoms with Crippen molar-refractivity contribution in [1.82, 2.24) is 4.90 Å². The maximum atomic E-state index is 9.95. The molecule has 0 spiro atoms. The molecule has 112 valence electrons. The number of fused-ring (bicyclic) bond motifs is 5. The zero-order valence-corrected chi connectivity index (χ0v) is 11.8. The molecule has 2 fully saturated rings. The third-order valence-electron chi connectivity index (χ3n) is 5.53. The van der Waals surface area contributed by atoms with Crippen molar-refractivity contribution in [2.45, 2.75) is 25.2 Å². The van der Waals surface area contributed by atoms with Gasteiger partial charge in [-0.05, 0) is 42.0 Å². The van der Waals surface area contributed by atoms with Crippen molar-refractivity contribution in [3.63, 3.8) is 0 Å². The van der Waals surface area contributed by atoms with Crippen molar-refractivity contribution in [1.29, 1.82) is 0 Å². The first-order valence-corrected chi connectivity index (χ1v) is 7.76. The molecule has 1 aromatic rings. The standard InChI is InChI=1S/C16H19NO4/c18-16-12-6-17-2-1-9-4-14-15(21-8-20-14)5-11(9)13(17)3-10(12)7-19-16/h4-5,10,12-13,16,18H,1-3,6-8H2. The molecular formula is C16H19NO4. The molecule has 0 aliphatic carbocycles. The van der Waals surface area contributed by atoms with Gasteiger partial charge in [0.25, 0.3) is 0 Å². The summed E-state index contributed by atoms with van der Waals surface area (Å²) in [5, 5.41) is 9.95. The summed E-state index contributed by atoms with van der Waals surface area (Å²) in [5.74, 6) is 2.50. The van der Waals surface area contributed by atoms with Gasteiger partial charge in [-0.2, -0.15) is 0 Å². The Morgan fingerprint density at radius 3 is 2.95 bits per heavy atom. The number of hydrogen-bond donors (Lipinski definition) is 1. The fourth-order valence-electron chi connectivity index (χ4n) is 4.38. The third-order valence-corrected chi connectivity index (χ3v) is 5.53. The molecule has 0 radical (unpaired) electrons. The van der Waals surface area contributed by atoms with E-state index >= 15 is 0 Å². The van der Waals surface area contributed by atoms with Gasteiger partial charge in [0.2, 0.25) is 6.79 Å². The fraction of sp³-hybridized carbons (Fsp3) is 0.625. The van der Waals surface area contributed by atoms with Gasteiger partial charge >= 0.3 is 0 Å². The molecule has 0 amide bonds. The average Bonchev–Trinajstić information content (AvgIpc) is 3.10. The molecule has 0 aromatic heterocycles. The van der Waals surface area contributed by atoms with Gasteiger partial charge in [-0.25, -0.2) is 0 Å². The summed E-state index contributed by atoms with van der Waals surface area (Å²) < 4.78 is 16.5. The molecule has 0 saturated carbocycles. The first-order chi connectivity index (χ1) is 10.3. The lowest BCUT2D eigenvalue weighted by Gasteiger charge is -2.45. The molecule has 4 aliphatic rings. The number of piperidine rings is 1. The summed E-state index contributed by atoms with van der Waals surface area (Å²) in [5.41, 5.74) is 2.77. The van der Waals surface area contributed by atoms with Crippen molar-refractivity contribution >= 4 is 0 Å². The van der Waals surface area contributed by atoms with E-state index in [0.717, 1.165) is 37.4 Å². The van der Waals surface area contributed by atoms with Crippen LogP contribution < -0.4 is 9.47 Å². The van der Waals surface area contributed by atoms with Crippen molar-refractivity contribution in [2.24, 2.45) is 11.8 Å². The highest BCUT2D eigenvalue weighted by Crippen LogP contribution is 2.47. The fourth-order valence-corrected chi connectivity index (χ4v) is 4.38. The molecule has 5 nitrogen and oxygen atoms in total. The minimum absolute atomic E-state index is 0.275. The minimum atomic E-state index is -0.575. The maximum Gasteiger partial charge on any atom is 0.231 e. The lowest BCUT2D eigenvalue weighted by atomic mass is 9.78. The molecular weight excluding hydrogens is 270 g/mol. The summed E-state index contributed by atoms with van der Waals surface area (Å²) in [6, 6.07) is 4.75. The van der Waals surface area contributed by atoms with Gasteiger partial charge in [0.1, 0.15) is 0 Å². The molecule has 5 heteroatoms. The number of hydrogen-bond acceptors (Lipinski definition) is 5. The van der Waals surface area contributed by atoms with Crippen molar-refractivity contribution in [3.8, 4) is 11.5 Å². The van der Waals surface area contributed by atoms with Crippen LogP contribution in [-0.2, 0) is 11.2 Å². The second-order valence-corrected chi connectivity index (χ2v) is 6.55. The van der Waals surface area contributed by atoms with E-state index in [9.17, 15) is 5.11 Å². The summed E-state index contributed by atoms with van der Waals surface area (Å²) in [4.78, 5) is 2.50. The first-order valence-electron chi connectivity index (χ1n) is 7.76. The second-order valence-electron chi connectivity index (χ2n) is 6.55. The van der Waals surface area contributed by atoms with Crippen molar-refractivity contribution in [3.05, 3.63) is 23.3 Å². The first kappa shape index (κ1) is 12.3. The lowest BCUT2D eigenvalue weighted by Crippen LogP contribution is -2.47. The Morgan fingerprint density at radius 1 is 1.19 bits per heavy atom. The van der Waals surface area contributed by atoms with Gasteiger partial charge in [0, 0.05) is 25.0 Å². The SMILES string of the molecule is OC1OCC2CC3c4cc5c(cc4CCN3CC21)OCO5. The Bertz CT molecular complexity index is 590. The second kappa shape index (κ2) is 4.35. The van der Waals surface area contributed by atoms with Crippen LogP contribution in [0.15, 0.2) is 12.1 Å². The molecule has 21 heavy (non-hydrogen) atoms. The van der Waals surface area contributed by atoms with Gasteiger partial charge < -0.3 is 19.3 Å². The van der Waals surface area contributed by atoms with E-state index in [1.54, 1.807) is 0 Å². The minimum Gasteiger partial charge on any atom is -0.454 e. The topological polar surface area (TPSA) is 51.2 Å². The molecule has 0 bridgehead atoms. The monoisotopic (exact) mass is 289 g/mol. The van der Waals surface area contributed by atoms with Crippen LogP contribution in [0.3, 0.4) is 0 Å². The van der Waals surface area contributed by atoms with Crippen LogP contribution >= 0.6 is 0 Å². The van der Waals surface area contributed by atoms with Crippen LogP contribution in [0, 0.1) is 11.8 Å². The van der Waals surface area contributed by atoms with Crippen LogP contribution in [0.25, 0.3) is 0 Å². The Balaban J connectivity index is 1.52. The Morgan fingerprint density at radius 2 is 2.05 bits per heavy atom. The van der Waals surface area contributed by atoms with E-state index in [-0.39, 0.29) is 5.92 Å². The Hall–Kier alpha value is -1.30.